The third-order valence-electron chi connectivity index (χ3n) is 3.59. The van der Waals surface area contributed by atoms with Crippen LogP contribution < -0.4 is 5.32 Å². The SMILES string of the molecule is O=C(CCSCc1ccccc1)NCc1nc(-c2ccc(Cl)cc2)no1. The van der Waals surface area contributed by atoms with Gasteiger partial charge in [-0.15, -0.1) is 0 Å². The maximum Gasteiger partial charge on any atom is 0.246 e. The molecule has 0 bridgehead atoms. The number of amides is 1. The molecule has 0 radical (unpaired) electrons. The van der Waals surface area contributed by atoms with Gasteiger partial charge in [-0.1, -0.05) is 47.1 Å². The van der Waals surface area contributed by atoms with Crippen LogP contribution in [0.25, 0.3) is 11.4 Å². The van der Waals surface area contributed by atoms with E-state index in [0.717, 1.165) is 17.1 Å². The molecule has 7 heteroatoms. The summed E-state index contributed by atoms with van der Waals surface area (Å²) >= 11 is 7.60. The summed E-state index contributed by atoms with van der Waals surface area (Å²) in [5.74, 6) is 2.49. The van der Waals surface area contributed by atoms with Crippen molar-refractivity contribution in [2.75, 3.05) is 5.75 Å². The van der Waals surface area contributed by atoms with Crippen molar-refractivity contribution in [1.82, 2.24) is 15.5 Å². The van der Waals surface area contributed by atoms with Gasteiger partial charge in [-0.25, -0.2) is 0 Å². The Morgan fingerprint density at radius 1 is 1.12 bits per heavy atom. The lowest BCUT2D eigenvalue weighted by atomic mass is 10.2. The highest BCUT2D eigenvalue weighted by atomic mass is 35.5. The minimum atomic E-state index is -0.0307. The van der Waals surface area contributed by atoms with Gasteiger partial charge in [-0.3, -0.25) is 4.79 Å². The van der Waals surface area contributed by atoms with Crippen LogP contribution >= 0.6 is 23.4 Å². The van der Waals surface area contributed by atoms with Crippen LogP contribution in [0.2, 0.25) is 5.02 Å². The van der Waals surface area contributed by atoms with E-state index in [1.165, 1.54) is 5.56 Å². The molecule has 1 amide bonds. The van der Waals surface area contributed by atoms with Crippen LogP contribution in [0.3, 0.4) is 0 Å². The van der Waals surface area contributed by atoms with Gasteiger partial charge in [0, 0.05) is 28.5 Å². The summed E-state index contributed by atoms with van der Waals surface area (Å²) in [4.78, 5) is 16.2. The molecule has 0 aliphatic carbocycles. The Balaban J connectivity index is 1.38. The Labute approximate surface area is 161 Å². The normalized spacial score (nSPS) is 10.7. The number of halogens is 1. The molecule has 0 atom stereocenters. The smallest absolute Gasteiger partial charge is 0.246 e. The zero-order chi connectivity index (χ0) is 18.2. The van der Waals surface area contributed by atoms with Crippen molar-refractivity contribution in [3.05, 3.63) is 71.1 Å². The molecule has 3 rings (SSSR count). The molecule has 0 spiro atoms. The van der Waals surface area contributed by atoms with Crippen molar-refractivity contribution in [2.45, 2.75) is 18.7 Å². The molecular formula is C19H18ClN3O2S. The monoisotopic (exact) mass is 387 g/mol. The van der Waals surface area contributed by atoms with Gasteiger partial charge in [0.15, 0.2) is 0 Å². The predicted molar refractivity (Wildman–Crippen MR) is 104 cm³/mol. The summed E-state index contributed by atoms with van der Waals surface area (Å²) in [7, 11) is 0. The second kappa shape index (κ2) is 9.40. The largest absolute Gasteiger partial charge is 0.347 e. The van der Waals surface area contributed by atoms with Crippen LogP contribution in [-0.2, 0) is 17.1 Å². The van der Waals surface area contributed by atoms with E-state index in [1.54, 1.807) is 23.9 Å². The number of nitrogens with one attached hydrogen (secondary N) is 1. The van der Waals surface area contributed by atoms with Crippen LogP contribution in [0, 0.1) is 0 Å². The second-order valence-corrected chi connectivity index (χ2v) is 7.13. The van der Waals surface area contributed by atoms with Crippen molar-refractivity contribution in [1.29, 1.82) is 0 Å². The number of carbonyl (C=O) groups is 1. The maximum atomic E-state index is 11.9. The third kappa shape index (κ3) is 5.61. The molecule has 1 aromatic heterocycles. The fourth-order valence-electron chi connectivity index (χ4n) is 2.23. The number of hydrogen-bond acceptors (Lipinski definition) is 5. The number of thioether (sulfide) groups is 1. The summed E-state index contributed by atoms with van der Waals surface area (Å²) in [6.07, 6.45) is 0.454. The van der Waals surface area contributed by atoms with Gasteiger partial charge in [0.2, 0.25) is 17.6 Å². The van der Waals surface area contributed by atoms with Crippen LogP contribution in [0.15, 0.2) is 59.1 Å². The van der Waals surface area contributed by atoms with Crippen molar-refractivity contribution in [3.8, 4) is 11.4 Å². The fourth-order valence-corrected chi connectivity index (χ4v) is 3.26. The second-order valence-electron chi connectivity index (χ2n) is 5.58. The van der Waals surface area contributed by atoms with Gasteiger partial charge in [-0.05, 0) is 29.8 Å². The van der Waals surface area contributed by atoms with Crippen LogP contribution in [0.5, 0.6) is 0 Å². The molecule has 0 saturated carbocycles. The van der Waals surface area contributed by atoms with Crippen molar-refractivity contribution in [3.63, 3.8) is 0 Å². The Morgan fingerprint density at radius 3 is 2.65 bits per heavy atom. The lowest BCUT2D eigenvalue weighted by molar-refractivity contribution is -0.120. The number of benzene rings is 2. The molecule has 0 aliphatic rings. The van der Waals surface area contributed by atoms with E-state index in [0.29, 0.717) is 23.2 Å². The Bertz CT molecular complexity index is 838. The van der Waals surface area contributed by atoms with E-state index in [9.17, 15) is 4.79 Å². The highest BCUT2D eigenvalue weighted by molar-refractivity contribution is 7.98. The summed E-state index contributed by atoms with van der Waals surface area (Å²) in [6, 6.07) is 17.4. The number of carbonyl (C=O) groups excluding carboxylic acids is 1. The van der Waals surface area contributed by atoms with Gasteiger partial charge in [-0.2, -0.15) is 16.7 Å². The zero-order valence-corrected chi connectivity index (χ0v) is 15.6. The number of aromatic nitrogens is 2. The van der Waals surface area contributed by atoms with Crippen LogP contribution in [0.1, 0.15) is 17.9 Å². The predicted octanol–water partition coefficient (Wildman–Crippen LogP) is 4.33. The standard InChI is InChI=1S/C19H18ClN3O2S/c20-16-8-6-15(7-9-16)19-22-18(25-23-19)12-21-17(24)10-11-26-13-14-4-2-1-3-5-14/h1-9H,10-13H2,(H,21,24). The number of hydrogen-bond donors (Lipinski definition) is 1. The summed E-state index contributed by atoms with van der Waals surface area (Å²) < 4.78 is 5.17. The van der Waals surface area contributed by atoms with E-state index in [2.05, 4.69) is 27.6 Å². The molecular weight excluding hydrogens is 370 g/mol. The Hall–Kier alpha value is -2.31. The first-order valence-electron chi connectivity index (χ1n) is 8.17. The fraction of sp³-hybridized carbons (Fsp3) is 0.211. The van der Waals surface area contributed by atoms with E-state index in [4.69, 9.17) is 16.1 Å². The molecule has 5 nitrogen and oxygen atoms in total. The quantitative estimate of drug-likeness (QED) is 0.582. The molecule has 3 aromatic rings. The number of rotatable bonds is 8. The van der Waals surface area contributed by atoms with Crippen LogP contribution in [0.4, 0.5) is 0 Å². The lowest BCUT2D eigenvalue weighted by Crippen LogP contribution is -2.23. The third-order valence-corrected chi connectivity index (χ3v) is 4.87. The zero-order valence-electron chi connectivity index (χ0n) is 14.0. The van der Waals surface area contributed by atoms with E-state index in [-0.39, 0.29) is 12.5 Å². The molecule has 0 aliphatic heterocycles. The minimum Gasteiger partial charge on any atom is -0.347 e. The molecule has 2 aromatic carbocycles. The first-order chi connectivity index (χ1) is 12.7. The minimum absolute atomic E-state index is 0.0307. The van der Waals surface area contributed by atoms with Gasteiger partial charge >= 0.3 is 0 Å². The maximum absolute atomic E-state index is 11.9. The average molecular weight is 388 g/mol. The van der Waals surface area contributed by atoms with Gasteiger partial charge < -0.3 is 9.84 Å². The topological polar surface area (TPSA) is 68.0 Å². The van der Waals surface area contributed by atoms with E-state index < -0.39 is 0 Å². The van der Waals surface area contributed by atoms with Crippen LogP contribution in [-0.4, -0.2) is 21.8 Å². The van der Waals surface area contributed by atoms with Crippen molar-refractivity contribution < 1.29 is 9.32 Å². The average Bonchev–Trinajstić information content (AvgIpc) is 3.14. The molecule has 0 saturated heterocycles. The van der Waals surface area contributed by atoms with E-state index in [1.807, 2.05) is 30.3 Å². The van der Waals surface area contributed by atoms with Crippen molar-refractivity contribution in [2.24, 2.45) is 0 Å². The Kier molecular flexibility index (Phi) is 6.68. The highest BCUT2D eigenvalue weighted by Gasteiger charge is 2.10. The van der Waals surface area contributed by atoms with E-state index >= 15 is 0 Å². The molecule has 0 fully saturated rings. The summed E-state index contributed by atoms with van der Waals surface area (Å²) in [5, 5.41) is 7.37. The van der Waals surface area contributed by atoms with Gasteiger partial charge in [0.05, 0.1) is 6.54 Å². The van der Waals surface area contributed by atoms with Crippen molar-refractivity contribution >= 4 is 29.3 Å². The Morgan fingerprint density at radius 2 is 1.88 bits per heavy atom. The molecule has 0 unspecified atom stereocenters. The molecule has 1 heterocycles. The summed E-state index contributed by atoms with van der Waals surface area (Å²) in [5.41, 5.74) is 2.08. The van der Waals surface area contributed by atoms with Gasteiger partial charge in [0.25, 0.3) is 0 Å². The summed E-state index contributed by atoms with van der Waals surface area (Å²) in [6.45, 7) is 0.225. The highest BCUT2D eigenvalue weighted by Crippen LogP contribution is 2.18. The number of nitrogens with zero attached hydrogens (tertiary/aromatic N) is 2. The van der Waals surface area contributed by atoms with Gasteiger partial charge in [0.1, 0.15) is 0 Å². The first kappa shape index (κ1) is 18.5. The molecule has 134 valence electrons. The molecule has 26 heavy (non-hydrogen) atoms. The first-order valence-corrected chi connectivity index (χ1v) is 9.71. The molecule has 1 N–H and O–H groups in total. The lowest BCUT2D eigenvalue weighted by Gasteiger charge is -2.03.